The molecule has 1 N–H and O–H groups in total. The van der Waals surface area contributed by atoms with E-state index >= 15 is 0 Å². The molecule has 0 aromatic heterocycles. The minimum atomic E-state index is -0.654. The number of nitrogens with zero attached hydrogens (tertiary/aromatic N) is 1. The molecule has 156 valence electrons. The Morgan fingerprint density at radius 1 is 1.00 bits per heavy atom. The summed E-state index contributed by atoms with van der Waals surface area (Å²) in [6.07, 6.45) is 1.09. The molecule has 3 rings (SSSR count). The van der Waals surface area contributed by atoms with Crippen molar-refractivity contribution in [3.8, 4) is 0 Å². The third-order valence-electron chi connectivity index (χ3n) is 4.97. The number of esters is 1. The van der Waals surface area contributed by atoms with Crippen molar-refractivity contribution < 1.29 is 23.9 Å². The van der Waals surface area contributed by atoms with Crippen LogP contribution in [0.25, 0.3) is 0 Å². The van der Waals surface area contributed by atoms with Crippen molar-refractivity contribution in [3.05, 3.63) is 65.2 Å². The summed E-state index contributed by atoms with van der Waals surface area (Å²) in [5.74, 6) is -1.56. The van der Waals surface area contributed by atoms with Crippen LogP contribution in [0.15, 0.2) is 48.5 Å². The van der Waals surface area contributed by atoms with Crippen LogP contribution < -0.4 is 10.2 Å². The number of hydrogen-bond donors (Lipinski definition) is 1. The van der Waals surface area contributed by atoms with Gasteiger partial charge < -0.3 is 10.1 Å². The molecule has 3 amide bonds. The van der Waals surface area contributed by atoms with Crippen molar-refractivity contribution in [2.75, 3.05) is 11.5 Å². The summed E-state index contributed by atoms with van der Waals surface area (Å²) in [5.41, 5.74) is 2.78. The lowest BCUT2D eigenvalue weighted by atomic mass is 10.0. The Kier molecular flexibility index (Phi) is 6.61. The summed E-state index contributed by atoms with van der Waals surface area (Å²) in [7, 11) is 0. The molecule has 0 aliphatic carbocycles. The van der Waals surface area contributed by atoms with Crippen LogP contribution in [0.3, 0.4) is 0 Å². The molecule has 0 radical (unpaired) electrons. The van der Waals surface area contributed by atoms with Crippen LogP contribution in [-0.4, -0.2) is 30.3 Å². The Labute approximate surface area is 175 Å². The third kappa shape index (κ3) is 4.92. The number of anilines is 1. The Bertz CT molecular complexity index is 935. The fourth-order valence-electron chi connectivity index (χ4n) is 3.28. The lowest BCUT2D eigenvalue weighted by Gasteiger charge is -2.18. The Hall–Kier alpha value is -3.48. The van der Waals surface area contributed by atoms with E-state index in [1.807, 2.05) is 38.1 Å². The fourth-order valence-corrected chi connectivity index (χ4v) is 3.28. The molecule has 0 spiro atoms. The SMILES string of the molecule is CC[C@H](NC(=O)COC(=O)c1ccc(N2C(=O)CCC2=O)cc1)c1ccc(C)cc1. The van der Waals surface area contributed by atoms with Gasteiger partial charge in [-0.2, -0.15) is 0 Å². The third-order valence-corrected chi connectivity index (χ3v) is 4.97. The van der Waals surface area contributed by atoms with E-state index < -0.39 is 12.6 Å². The van der Waals surface area contributed by atoms with Gasteiger partial charge >= 0.3 is 5.97 Å². The first-order valence-corrected chi connectivity index (χ1v) is 9.88. The van der Waals surface area contributed by atoms with E-state index in [1.54, 1.807) is 0 Å². The molecule has 7 heteroatoms. The summed E-state index contributed by atoms with van der Waals surface area (Å²) >= 11 is 0. The van der Waals surface area contributed by atoms with Gasteiger partial charge in [-0.05, 0) is 43.2 Å². The first-order valence-electron chi connectivity index (χ1n) is 9.88. The summed E-state index contributed by atoms with van der Waals surface area (Å²) < 4.78 is 5.10. The molecule has 1 heterocycles. The molecule has 1 fully saturated rings. The maximum Gasteiger partial charge on any atom is 0.338 e. The maximum absolute atomic E-state index is 12.2. The number of carbonyl (C=O) groups excluding carboxylic acids is 4. The van der Waals surface area contributed by atoms with Gasteiger partial charge in [-0.1, -0.05) is 36.8 Å². The predicted molar refractivity (Wildman–Crippen MR) is 111 cm³/mol. The van der Waals surface area contributed by atoms with Crippen molar-refractivity contribution in [3.63, 3.8) is 0 Å². The van der Waals surface area contributed by atoms with E-state index in [4.69, 9.17) is 4.74 Å². The molecule has 7 nitrogen and oxygen atoms in total. The molecule has 1 aliphatic rings. The van der Waals surface area contributed by atoms with Gasteiger partial charge in [0.05, 0.1) is 17.3 Å². The number of amides is 3. The topological polar surface area (TPSA) is 92.8 Å². The molecule has 30 heavy (non-hydrogen) atoms. The number of rotatable bonds is 7. The van der Waals surface area contributed by atoms with Crippen LogP contribution in [0.2, 0.25) is 0 Å². The second-order valence-corrected chi connectivity index (χ2v) is 7.18. The van der Waals surface area contributed by atoms with E-state index in [1.165, 1.54) is 24.3 Å². The van der Waals surface area contributed by atoms with Crippen molar-refractivity contribution in [1.82, 2.24) is 5.32 Å². The average molecular weight is 408 g/mol. The van der Waals surface area contributed by atoms with Crippen molar-refractivity contribution in [2.24, 2.45) is 0 Å². The molecule has 0 unspecified atom stereocenters. The van der Waals surface area contributed by atoms with Crippen LogP contribution in [0.5, 0.6) is 0 Å². The zero-order valence-corrected chi connectivity index (χ0v) is 17.0. The van der Waals surface area contributed by atoms with E-state index in [2.05, 4.69) is 5.32 Å². The lowest BCUT2D eigenvalue weighted by molar-refractivity contribution is -0.125. The number of aryl methyl sites for hydroxylation is 1. The number of imide groups is 1. The normalized spacial score (nSPS) is 14.5. The van der Waals surface area contributed by atoms with Gasteiger partial charge in [-0.25, -0.2) is 4.79 Å². The first-order chi connectivity index (χ1) is 14.4. The summed E-state index contributed by atoms with van der Waals surface area (Å²) in [4.78, 5) is 49.1. The molecule has 2 aromatic rings. The van der Waals surface area contributed by atoms with E-state index in [0.717, 1.165) is 16.0 Å². The zero-order valence-electron chi connectivity index (χ0n) is 17.0. The highest BCUT2D eigenvalue weighted by Crippen LogP contribution is 2.23. The molecule has 0 bridgehead atoms. The highest BCUT2D eigenvalue weighted by molar-refractivity contribution is 6.19. The fraction of sp³-hybridized carbons (Fsp3) is 0.304. The Balaban J connectivity index is 1.54. The van der Waals surface area contributed by atoms with Gasteiger partial charge in [0.2, 0.25) is 11.8 Å². The van der Waals surface area contributed by atoms with Crippen LogP contribution in [0.1, 0.15) is 53.7 Å². The highest BCUT2D eigenvalue weighted by Gasteiger charge is 2.30. The summed E-state index contributed by atoms with van der Waals surface area (Å²) in [5, 5.41) is 2.87. The molecule has 1 aliphatic heterocycles. The molecule has 0 saturated carbocycles. The zero-order chi connectivity index (χ0) is 21.7. The van der Waals surface area contributed by atoms with Crippen LogP contribution in [0.4, 0.5) is 5.69 Å². The monoisotopic (exact) mass is 408 g/mol. The summed E-state index contributed by atoms with van der Waals surface area (Å²) in [6.45, 7) is 3.57. The number of ether oxygens (including phenoxy) is 1. The standard InChI is InChI=1S/C23H24N2O5/c1-3-19(16-6-4-15(2)5-7-16)24-20(26)14-30-23(29)17-8-10-18(11-9-17)25-21(27)12-13-22(25)28/h4-11,19H,3,12-14H2,1-2H3,(H,24,26)/t19-/m0/s1. The second kappa shape index (κ2) is 9.35. The van der Waals surface area contributed by atoms with Crippen LogP contribution >= 0.6 is 0 Å². The van der Waals surface area contributed by atoms with Gasteiger partial charge in [0.15, 0.2) is 6.61 Å². The average Bonchev–Trinajstić information content (AvgIpc) is 3.09. The molecule has 1 saturated heterocycles. The van der Waals surface area contributed by atoms with Gasteiger partial charge in [0.1, 0.15) is 0 Å². The minimum Gasteiger partial charge on any atom is -0.452 e. The van der Waals surface area contributed by atoms with E-state index in [-0.39, 0.29) is 42.2 Å². The van der Waals surface area contributed by atoms with Gasteiger partial charge in [-0.15, -0.1) is 0 Å². The number of hydrogen-bond acceptors (Lipinski definition) is 5. The number of nitrogens with one attached hydrogen (secondary N) is 1. The number of benzene rings is 2. The predicted octanol–water partition coefficient (Wildman–Crippen LogP) is 3.07. The highest BCUT2D eigenvalue weighted by atomic mass is 16.5. The largest absolute Gasteiger partial charge is 0.452 e. The lowest BCUT2D eigenvalue weighted by Crippen LogP contribution is -2.32. The van der Waals surface area contributed by atoms with E-state index in [9.17, 15) is 19.2 Å². The van der Waals surface area contributed by atoms with Crippen molar-refractivity contribution in [1.29, 1.82) is 0 Å². The number of carbonyl (C=O) groups is 4. The van der Waals surface area contributed by atoms with Gasteiger partial charge in [-0.3, -0.25) is 19.3 Å². The summed E-state index contributed by atoms with van der Waals surface area (Å²) in [6, 6.07) is 13.7. The molecule has 1 atom stereocenters. The maximum atomic E-state index is 12.2. The molecular weight excluding hydrogens is 384 g/mol. The Morgan fingerprint density at radius 3 is 2.17 bits per heavy atom. The first kappa shape index (κ1) is 21.2. The van der Waals surface area contributed by atoms with Crippen LogP contribution in [-0.2, 0) is 19.1 Å². The van der Waals surface area contributed by atoms with Gasteiger partial charge in [0.25, 0.3) is 5.91 Å². The van der Waals surface area contributed by atoms with Crippen molar-refractivity contribution >= 4 is 29.4 Å². The quantitative estimate of drug-likeness (QED) is 0.561. The van der Waals surface area contributed by atoms with E-state index in [0.29, 0.717) is 12.1 Å². The van der Waals surface area contributed by atoms with Gasteiger partial charge in [0, 0.05) is 12.8 Å². The molecule has 2 aromatic carbocycles. The molecular formula is C23H24N2O5. The smallest absolute Gasteiger partial charge is 0.338 e. The Morgan fingerprint density at radius 2 is 1.60 bits per heavy atom. The van der Waals surface area contributed by atoms with Crippen molar-refractivity contribution in [2.45, 2.75) is 39.2 Å². The van der Waals surface area contributed by atoms with Crippen LogP contribution in [0, 0.1) is 6.92 Å². The minimum absolute atomic E-state index is 0.161. The second-order valence-electron chi connectivity index (χ2n) is 7.18.